The van der Waals surface area contributed by atoms with E-state index in [1.807, 2.05) is 17.0 Å². The van der Waals surface area contributed by atoms with Crippen LogP contribution in [0.25, 0.3) is 0 Å². The number of likely N-dealkylation sites (tertiary alicyclic amines) is 2. The molecule has 7 nitrogen and oxygen atoms in total. The third kappa shape index (κ3) is 5.79. The molecule has 0 saturated carbocycles. The Kier molecular flexibility index (Phi) is 8.43. The summed E-state index contributed by atoms with van der Waals surface area (Å²) in [6, 6.07) is 8.56. The lowest BCUT2D eigenvalue weighted by atomic mass is 9.84. The van der Waals surface area contributed by atoms with Crippen LogP contribution in [0.15, 0.2) is 36.5 Å². The van der Waals surface area contributed by atoms with Gasteiger partial charge in [0.2, 0.25) is 11.8 Å². The van der Waals surface area contributed by atoms with Crippen LogP contribution in [0.5, 0.6) is 0 Å². The van der Waals surface area contributed by atoms with Gasteiger partial charge in [-0.05, 0) is 49.1 Å². The second-order valence-corrected chi connectivity index (χ2v) is 10.7. The number of piperidine rings is 2. The highest BCUT2D eigenvalue weighted by molar-refractivity contribution is 6.42. The molecule has 3 heterocycles. The van der Waals surface area contributed by atoms with Crippen LogP contribution < -0.4 is 0 Å². The molecule has 2 unspecified atom stereocenters. The maximum absolute atomic E-state index is 13.5. The minimum Gasteiger partial charge on any atom is -0.343 e. The van der Waals surface area contributed by atoms with Crippen LogP contribution in [0.1, 0.15) is 48.2 Å². The Morgan fingerprint density at radius 3 is 2.25 bits per heavy atom. The Balaban J connectivity index is 1.55. The number of pyridine rings is 1. The fourth-order valence-corrected chi connectivity index (χ4v) is 5.63. The second kappa shape index (κ2) is 11.4. The smallest absolute Gasteiger partial charge is 0.272 e. The average Bonchev–Trinajstić information content (AvgIpc) is 2.89. The van der Waals surface area contributed by atoms with E-state index in [-0.39, 0.29) is 35.6 Å². The molecule has 0 bridgehead atoms. The molecule has 0 N–H and O–H groups in total. The van der Waals surface area contributed by atoms with Crippen molar-refractivity contribution in [2.45, 2.75) is 38.1 Å². The minimum absolute atomic E-state index is 0.0456. The van der Waals surface area contributed by atoms with Crippen molar-refractivity contribution in [3.05, 3.63) is 62.9 Å². The van der Waals surface area contributed by atoms with Gasteiger partial charge in [0, 0.05) is 64.2 Å². The third-order valence-electron chi connectivity index (χ3n) is 7.31. The highest BCUT2D eigenvalue weighted by Gasteiger charge is 2.39. The fraction of sp³-hybridized carbons (Fsp3) is 0.462. The summed E-state index contributed by atoms with van der Waals surface area (Å²) in [5.41, 5.74) is 1.23. The lowest BCUT2D eigenvalue weighted by molar-refractivity contribution is -0.141. The van der Waals surface area contributed by atoms with Gasteiger partial charge in [0.1, 0.15) is 5.69 Å². The normalized spacial score (nSPS) is 20.8. The molecule has 0 aliphatic carbocycles. The van der Waals surface area contributed by atoms with E-state index in [9.17, 15) is 14.4 Å². The largest absolute Gasteiger partial charge is 0.343 e. The summed E-state index contributed by atoms with van der Waals surface area (Å²) in [5.74, 6) is -0.322. The quantitative estimate of drug-likeness (QED) is 0.549. The summed E-state index contributed by atoms with van der Waals surface area (Å²) >= 11 is 18.5. The molecule has 36 heavy (non-hydrogen) atoms. The number of aromatic nitrogens is 1. The van der Waals surface area contributed by atoms with E-state index in [4.69, 9.17) is 34.8 Å². The van der Waals surface area contributed by atoms with E-state index < -0.39 is 0 Å². The second-order valence-electron chi connectivity index (χ2n) is 9.48. The van der Waals surface area contributed by atoms with Gasteiger partial charge in [-0.15, -0.1) is 0 Å². The number of amides is 3. The first-order valence-corrected chi connectivity index (χ1v) is 13.2. The van der Waals surface area contributed by atoms with Crippen LogP contribution in [-0.4, -0.2) is 76.7 Å². The summed E-state index contributed by atoms with van der Waals surface area (Å²) in [6.07, 6.45) is 3.39. The zero-order valence-corrected chi connectivity index (χ0v) is 22.6. The van der Waals surface area contributed by atoms with Gasteiger partial charge in [0.15, 0.2) is 0 Å². The molecule has 2 aliphatic heterocycles. The SMILES string of the molecule is CC(=O)N1CCC(C(=O)N2CCC(N(C)C(=O)c3ccc(Cl)cn3)C(c3ccc(Cl)c(Cl)c3)C2)CC1. The molecular formula is C26H29Cl3N4O3. The molecule has 2 aromatic rings. The van der Waals surface area contributed by atoms with Crippen LogP contribution in [0, 0.1) is 5.92 Å². The van der Waals surface area contributed by atoms with Gasteiger partial charge >= 0.3 is 0 Å². The topological polar surface area (TPSA) is 73.8 Å². The van der Waals surface area contributed by atoms with E-state index in [2.05, 4.69) is 4.98 Å². The molecule has 2 saturated heterocycles. The van der Waals surface area contributed by atoms with E-state index in [0.29, 0.717) is 66.2 Å². The molecule has 0 spiro atoms. The van der Waals surface area contributed by atoms with Gasteiger partial charge in [-0.25, -0.2) is 4.98 Å². The lowest BCUT2D eigenvalue weighted by Gasteiger charge is -2.44. The summed E-state index contributed by atoms with van der Waals surface area (Å²) in [7, 11) is 1.77. The number of rotatable bonds is 4. The van der Waals surface area contributed by atoms with Gasteiger partial charge in [0.25, 0.3) is 5.91 Å². The Bertz CT molecular complexity index is 1140. The van der Waals surface area contributed by atoms with Crippen LogP contribution in [0.2, 0.25) is 15.1 Å². The number of likely N-dealkylation sites (N-methyl/N-ethyl adjacent to an activating group) is 1. The number of carbonyl (C=O) groups excluding carboxylic acids is 3. The molecule has 2 fully saturated rings. The number of carbonyl (C=O) groups is 3. The number of halogens is 3. The first-order chi connectivity index (χ1) is 17.2. The van der Waals surface area contributed by atoms with Crippen molar-refractivity contribution in [1.29, 1.82) is 0 Å². The molecule has 10 heteroatoms. The monoisotopic (exact) mass is 550 g/mol. The first kappa shape index (κ1) is 26.7. The van der Waals surface area contributed by atoms with E-state index in [1.54, 1.807) is 42.0 Å². The van der Waals surface area contributed by atoms with Crippen LogP contribution >= 0.6 is 34.8 Å². The van der Waals surface area contributed by atoms with Crippen molar-refractivity contribution < 1.29 is 14.4 Å². The van der Waals surface area contributed by atoms with Crippen molar-refractivity contribution in [1.82, 2.24) is 19.7 Å². The Morgan fingerprint density at radius 1 is 0.944 bits per heavy atom. The number of hydrogen-bond acceptors (Lipinski definition) is 4. The van der Waals surface area contributed by atoms with Crippen molar-refractivity contribution >= 4 is 52.5 Å². The number of nitrogens with zero attached hydrogens (tertiary/aromatic N) is 4. The van der Waals surface area contributed by atoms with Crippen LogP contribution in [-0.2, 0) is 9.59 Å². The predicted octanol–water partition coefficient (Wildman–Crippen LogP) is 4.76. The summed E-state index contributed by atoms with van der Waals surface area (Å²) in [5, 5.41) is 1.35. The average molecular weight is 552 g/mol. The fourth-order valence-electron chi connectivity index (χ4n) is 5.21. The molecule has 2 aliphatic rings. The van der Waals surface area contributed by atoms with Gasteiger partial charge in [-0.2, -0.15) is 0 Å². The first-order valence-electron chi connectivity index (χ1n) is 12.0. The van der Waals surface area contributed by atoms with Crippen LogP contribution in [0.3, 0.4) is 0 Å². The zero-order valence-electron chi connectivity index (χ0n) is 20.3. The molecule has 2 atom stereocenters. The van der Waals surface area contributed by atoms with Gasteiger partial charge in [0.05, 0.1) is 15.1 Å². The van der Waals surface area contributed by atoms with E-state index in [0.717, 1.165) is 5.56 Å². The molecule has 1 aromatic heterocycles. The molecule has 3 amide bonds. The van der Waals surface area contributed by atoms with E-state index >= 15 is 0 Å². The van der Waals surface area contributed by atoms with Gasteiger partial charge in [-0.3, -0.25) is 14.4 Å². The van der Waals surface area contributed by atoms with Crippen LogP contribution in [0.4, 0.5) is 0 Å². The number of benzene rings is 1. The molecular weight excluding hydrogens is 523 g/mol. The summed E-state index contributed by atoms with van der Waals surface area (Å²) in [6.45, 7) is 3.76. The zero-order chi connectivity index (χ0) is 26.0. The maximum Gasteiger partial charge on any atom is 0.272 e. The van der Waals surface area contributed by atoms with Crippen molar-refractivity contribution in [2.75, 3.05) is 33.2 Å². The Hall–Kier alpha value is -2.35. The molecule has 0 radical (unpaired) electrons. The van der Waals surface area contributed by atoms with Crippen molar-refractivity contribution in [3.63, 3.8) is 0 Å². The third-order valence-corrected chi connectivity index (χ3v) is 8.28. The molecule has 192 valence electrons. The summed E-state index contributed by atoms with van der Waals surface area (Å²) < 4.78 is 0. The molecule has 4 rings (SSSR count). The highest BCUT2D eigenvalue weighted by Crippen LogP contribution is 2.35. The summed E-state index contributed by atoms with van der Waals surface area (Å²) in [4.78, 5) is 48.0. The number of hydrogen-bond donors (Lipinski definition) is 0. The Morgan fingerprint density at radius 2 is 1.64 bits per heavy atom. The van der Waals surface area contributed by atoms with Gasteiger partial charge < -0.3 is 14.7 Å². The van der Waals surface area contributed by atoms with Crippen molar-refractivity contribution in [2.24, 2.45) is 5.92 Å². The predicted molar refractivity (Wildman–Crippen MR) is 141 cm³/mol. The minimum atomic E-state index is -0.210. The van der Waals surface area contributed by atoms with E-state index in [1.165, 1.54) is 6.20 Å². The highest BCUT2D eigenvalue weighted by atomic mass is 35.5. The maximum atomic E-state index is 13.5. The Labute approximate surface area is 226 Å². The van der Waals surface area contributed by atoms with Gasteiger partial charge in [-0.1, -0.05) is 40.9 Å². The van der Waals surface area contributed by atoms with Crippen molar-refractivity contribution in [3.8, 4) is 0 Å². The lowest BCUT2D eigenvalue weighted by Crippen LogP contribution is -2.53. The standard InChI is InChI=1S/C26H29Cl3N4O3/c1-16(34)32-10-7-17(8-11-32)25(35)33-12-9-24(20(15-33)18-3-5-21(28)22(29)13-18)31(2)26(36)23-6-4-19(27)14-30-23/h3-6,13-14,17,20,24H,7-12,15H2,1-2H3. The molecule has 1 aromatic carbocycles.